The summed E-state index contributed by atoms with van der Waals surface area (Å²) in [5, 5.41) is 10.6. The molecule has 0 unspecified atom stereocenters. The third-order valence-electron chi connectivity index (χ3n) is 2.61. The van der Waals surface area contributed by atoms with Crippen molar-refractivity contribution in [3.8, 4) is 0 Å². The van der Waals surface area contributed by atoms with Gasteiger partial charge in [0, 0.05) is 7.05 Å². The summed E-state index contributed by atoms with van der Waals surface area (Å²) in [6.07, 6.45) is 3.38. The number of aryl methyl sites for hydroxylation is 2. The SMILES string of the molecule is Cc1nonc1CNc1ncc2ncn(C)c2n1. The zero-order chi connectivity index (χ0) is 12.5. The van der Waals surface area contributed by atoms with E-state index in [2.05, 4.69) is 35.2 Å². The Hall–Kier alpha value is -2.51. The van der Waals surface area contributed by atoms with Crippen LogP contribution in [-0.2, 0) is 13.6 Å². The Bertz CT molecular complexity index is 686. The van der Waals surface area contributed by atoms with Crippen molar-refractivity contribution in [3.63, 3.8) is 0 Å². The molecule has 0 bridgehead atoms. The van der Waals surface area contributed by atoms with E-state index in [1.54, 1.807) is 12.5 Å². The average Bonchev–Trinajstić information content (AvgIpc) is 2.94. The number of nitrogens with zero attached hydrogens (tertiary/aromatic N) is 6. The van der Waals surface area contributed by atoms with Gasteiger partial charge >= 0.3 is 0 Å². The van der Waals surface area contributed by atoms with E-state index in [1.165, 1.54) is 0 Å². The molecule has 0 aliphatic carbocycles. The Balaban J connectivity index is 1.82. The Morgan fingerprint density at radius 1 is 1.33 bits per heavy atom. The number of rotatable bonds is 3. The number of imidazole rings is 1. The van der Waals surface area contributed by atoms with Gasteiger partial charge in [0.1, 0.15) is 16.9 Å². The van der Waals surface area contributed by atoms with Crippen molar-refractivity contribution in [2.24, 2.45) is 7.05 Å². The number of anilines is 1. The summed E-state index contributed by atoms with van der Waals surface area (Å²) in [5.74, 6) is 0.522. The van der Waals surface area contributed by atoms with E-state index in [4.69, 9.17) is 0 Å². The standard InChI is InChI=1S/C10H11N7O/c1-6-7(16-18-15-6)3-11-10-12-4-8-9(14-10)17(2)5-13-8/h4-5H,3H2,1-2H3,(H,11,12,14). The molecule has 3 aromatic rings. The molecule has 0 fully saturated rings. The van der Waals surface area contributed by atoms with Crippen LogP contribution < -0.4 is 5.32 Å². The second-order valence-corrected chi connectivity index (χ2v) is 3.91. The van der Waals surface area contributed by atoms with Crippen molar-refractivity contribution in [1.29, 1.82) is 0 Å². The van der Waals surface area contributed by atoms with Gasteiger partial charge in [-0.25, -0.2) is 14.6 Å². The fourth-order valence-corrected chi connectivity index (χ4v) is 1.58. The number of aromatic nitrogens is 6. The molecule has 18 heavy (non-hydrogen) atoms. The van der Waals surface area contributed by atoms with E-state index < -0.39 is 0 Å². The topological polar surface area (TPSA) is 94.5 Å². The van der Waals surface area contributed by atoms with Crippen LogP contribution in [0.3, 0.4) is 0 Å². The molecule has 0 aliphatic rings. The molecule has 1 N–H and O–H groups in total. The molecule has 0 spiro atoms. The maximum atomic E-state index is 4.62. The summed E-state index contributed by atoms with van der Waals surface area (Å²) in [6.45, 7) is 2.30. The second kappa shape index (κ2) is 4.06. The molecule has 8 nitrogen and oxygen atoms in total. The molecule has 3 heterocycles. The maximum Gasteiger partial charge on any atom is 0.225 e. The van der Waals surface area contributed by atoms with Crippen LogP contribution in [0.2, 0.25) is 0 Å². The minimum absolute atomic E-state index is 0.471. The highest BCUT2D eigenvalue weighted by Crippen LogP contribution is 2.10. The first-order valence-electron chi connectivity index (χ1n) is 5.40. The summed E-state index contributed by atoms with van der Waals surface area (Å²) in [7, 11) is 1.89. The number of hydrogen-bond donors (Lipinski definition) is 1. The Morgan fingerprint density at radius 3 is 3.00 bits per heavy atom. The monoisotopic (exact) mass is 245 g/mol. The van der Waals surface area contributed by atoms with Gasteiger partial charge in [-0.2, -0.15) is 4.98 Å². The maximum absolute atomic E-state index is 4.62. The fraction of sp³-hybridized carbons (Fsp3) is 0.300. The van der Waals surface area contributed by atoms with E-state index in [1.807, 2.05) is 18.5 Å². The zero-order valence-corrected chi connectivity index (χ0v) is 9.95. The quantitative estimate of drug-likeness (QED) is 0.724. The third kappa shape index (κ3) is 1.77. The Morgan fingerprint density at radius 2 is 2.22 bits per heavy atom. The van der Waals surface area contributed by atoms with E-state index in [0.29, 0.717) is 12.5 Å². The van der Waals surface area contributed by atoms with Crippen molar-refractivity contribution in [3.05, 3.63) is 23.9 Å². The average molecular weight is 245 g/mol. The molecule has 0 radical (unpaired) electrons. The van der Waals surface area contributed by atoms with Crippen LogP contribution in [0.1, 0.15) is 11.4 Å². The van der Waals surface area contributed by atoms with E-state index in [9.17, 15) is 0 Å². The number of nitrogens with one attached hydrogen (secondary N) is 1. The normalized spacial score (nSPS) is 11.0. The Kier molecular flexibility index (Phi) is 2.40. The van der Waals surface area contributed by atoms with Gasteiger partial charge in [0.05, 0.1) is 19.1 Å². The van der Waals surface area contributed by atoms with Crippen LogP contribution in [0.4, 0.5) is 5.95 Å². The summed E-state index contributed by atoms with van der Waals surface area (Å²) >= 11 is 0. The lowest BCUT2D eigenvalue weighted by molar-refractivity contribution is 0.301. The molecule has 3 aromatic heterocycles. The summed E-state index contributed by atoms with van der Waals surface area (Å²) in [6, 6.07) is 0. The lowest BCUT2D eigenvalue weighted by Crippen LogP contribution is -2.05. The molecular formula is C10H11N7O. The van der Waals surface area contributed by atoms with Gasteiger partial charge < -0.3 is 9.88 Å². The summed E-state index contributed by atoms with van der Waals surface area (Å²) < 4.78 is 6.45. The predicted octanol–water partition coefficient (Wildman–Crippen LogP) is 0.667. The van der Waals surface area contributed by atoms with Crippen molar-refractivity contribution in [2.45, 2.75) is 13.5 Å². The van der Waals surface area contributed by atoms with Crippen LogP contribution in [0.15, 0.2) is 17.2 Å². The number of hydrogen-bond acceptors (Lipinski definition) is 7. The van der Waals surface area contributed by atoms with Crippen LogP contribution >= 0.6 is 0 Å². The van der Waals surface area contributed by atoms with Crippen LogP contribution in [0.5, 0.6) is 0 Å². The first-order valence-corrected chi connectivity index (χ1v) is 5.40. The first-order chi connectivity index (χ1) is 8.74. The highest BCUT2D eigenvalue weighted by Gasteiger charge is 2.07. The van der Waals surface area contributed by atoms with Crippen LogP contribution in [0, 0.1) is 6.92 Å². The molecule has 0 aromatic carbocycles. The molecule has 0 aliphatic heterocycles. The van der Waals surface area contributed by atoms with Crippen molar-refractivity contribution in [1.82, 2.24) is 29.8 Å². The van der Waals surface area contributed by atoms with Crippen molar-refractivity contribution in [2.75, 3.05) is 5.32 Å². The largest absolute Gasteiger partial charge is 0.348 e. The smallest absolute Gasteiger partial charge is 0.225 e. The van der Waals surface area contributed by atoms with Gasteiger partial charge in [0.15, 0.2) is 5.65 Å². The van der Waals surface area contributed by atoms with E-state index in [0.717, 1.165) is 22.6 Å². The highest BCUT2D eigenvalue weighted by molar-refractivity contribution is 5.70. The minimum atomic E-state index is 0.471. The molecule has 0 saturated heterocycles. The van der Waals surface area contributed by atoms with Crippen LogP contribution in [0.25, 0.3) is 11.2 Å². The molecule has 8 heteroatoms. The predicted molar refractivity (Wildman–Crippen MR) is 62.7 cm³/mol. The number of fused-ring (bicyclic) bond motifs is 1. The van der Waals surface area contributed by atoms with Crippen molar-refractivity contribution < 1.29 is 4.63 Å². The van der Waals surface area contributed by atoms with Crippen molar-refractivity contribution >= 4 is 17.1 Å². The highest BCUT2D eigenvalue weighted by atomic mass is 16.6. The molecule has 0 atom stereocenters. The first kappa shape index (κ1) is 10.6. The second-order valence-electron chi connectivity index (χ2n) is 3.91. The van der Waals surface area contributed by atoms with Crippen LogP contribution in [-0.4, -0.2) is 29.8 Å². The van der Waals surface area contributed by atoms with E-state index >= 15 is 0 Å². The Labute approximate surface area is 102 Å². The summed E-state index contributed by atoms with van der Waals surface area (Å²) in [4.78, 5) is 12.7. The molecule has 92 valence electrons. The van der Waals surface area contributed by atoms with Gasteiger partial charge in [-0.15, -0.1) is 0 Å². The molecule has 0 saturated carbocycles. The summed E-state index contributed by atoms with van der Waals surface area (Å²) in [5.41, 5.74) is 3.04. The molecular weight excluding hydrogens is 234 g/mol. The van der Waals surface area contributed by atoms with Gasteiger partial charge in [-0.1, -0.05) is 10.3 Å². The van der Waals surface area contributed by atoms with Gasteiger partial charge in [0.25, 0.3) is 0 Å². The van der Waals surface area contributed by atoms with Gasteiger partial charge in [0.2, 0.25) is 5.95 Å². The third-order valence-corrected chi connectivity index (χ3v) is 2.61. The lowest BCUT2D eigenvalue weighted by atomic mass is 10.3. The zero-order valence-electron chi connectivity index (χ0n) is 9.95. The molecule has 3 rings (SSSR count). The lowest BCUT2D eigenvalue weighted by Gasteiger charge is -2.02. The van der Waals surface area contributed by atoms with Gasteiger partial charge in [-0.3, -0.25) is 0 Å². The van der Waals surface area contributed by atoms with Gasteiger partial charge in [-0.05, 0) is 6.92 Å². The molecule has 0 amide bonds. The fourth-order valence-electron chi connectivity index (χ4n) is 1.58. The van der Waals surface area contributed by atoms with E-state index in [-0.39, 0.29) is 0 Å². The minimum Gasteiger partial charge on any atom is -0.348 e.